The molecule has 2 aromatic rings. The van der Waals surface area contributed by atoms with Crippen molar-refractivity contribution in [2.75, 3.05) is 43.4 Å². The smallest absolute Gasteiger partial charge is 0.269 e. The normalized spacial score (nSPS) is 19.8. The molecule has 1 aromatic carbocycles. The lowest BCUT2D eigenvalue weighted by atomic mass is 10.0. The van der Waals surface area contributed by atoms with Gasteiger partial charge in [0.2, 0.25) is 0 Å². The van der Waals surface area contributed by atoms with Crippen LogP contribution in [0.2, 0.25) is 0 Å². The lowest BCUT2D eigenvalue weighted by Gasteiger charge is -2.39. The number of carbonyl (C=O) groups excluding carboxylic acids is 2. The van der Waals surface area contributed by atoms with Crippen LogP contribution in [-0.2, 0) is 4.79 Å². The summed E-state index contributed by atoms with van der Waals surface area (Å²) in [6.45, 7) is 7.73. The monoisotopic (exact) mass is 423 g/mol. The van der Waals surface area contributed by atoms with Gasteiger partial charge < -0.3 is 20.3 Å². The van der Waals surface area contributed by atoms with Crippen LogP contribution in [0.25, 0.3) is 0 Å². The summed E-state index contributed by atoms with van der Waals surface area (Å²) in [5, 5.41) is 5.57. The molecule has 4 rings (SSSR count). The first-order valence-electron chi connectivity index (χ1n) is 10.8. The molecule has 164 valence electrons. The van der Waals surface area contributed by atoms with E-state index in [1.165, 1.54) is 0 Å². The highest BCUT2D eigenvalue weighted by Gasteiger charge is 2.28. The quantitative estimate of drug-likeness (QED) is 0.768. The molecule has 1 aromatic heterocycles. The van der Waals surface area contributed by atoms with E-state index in [1.54, 1.807) is 19.3 Å². The third-order valence-electron chi connectivity index (χ3n) is 6.11. The molecule has 1 unspecified atom stereocenters. The highest BCUT2D eigenvalue weighted by atomic mass is 16.5. The standard InChI is InChI=1S/C23H29N5O3/c1-4-20-23(30)26-19-13-16(5-8-21(19)31-20)15(2)27-9-11-28(12-10-27)17-6-7-18(25-14-17)22(29)24-3/h5-8,13-15,20H,4,9-12H2,1-3H3,(H,24,29)(H,26,30)/t15?,20-/m1/s1. The fourth-order valence-corrected chi connectivity index (χ4v) is 4.11. The van der Waals surface area contributed by atoms with Crippen molar-refractivity contribution < 1.29 is 14.3 Å². The highest BCUT2D eigenvalue weighted by Crippen LogP contribution is 2.34. The maximum atomic E-state index is 12.1. The molecule has 2 N–H and O–H groups in total. The van der Waals surface area contributed by atoms with Gasteiger partial charge in [-0.2, -0.15) is 0 Å². The van der Waals surface area contributed by atoms with Crippen LogP contribution >= 0.6 is 0 Å². The molecule has 0 spiro atoms. The maximum absolute atomic E-state index is 12.1. The number of anilines is 2. The van der Waals surface area contributed by atoms with Gasteiger partial charge in [-0.1, -0.05) is 13.0 Å². The van der Waals surface area contributed by atoms with E-state index in [9.17, 15) is 9.59 Å². The van der Waals surface area contributed by atoms with Gasteiger partial charge >= 0.3 is 0 Å². The largest absolute Gasteiger partial charge is 0.478 e. The molecule has 0 bridgehead atoms. The fourth-order valence-electron chi connectivity index (χ4n) is 4.11. The molecule has 0 saturated carbocycles. The predicted octanol–water partition coefficient (Wildman–Crippen LogP) is 2.43. The van der Waals surface area contributed by atoms with Crippen LogP contribution in [0, 0.1) is 0 Å². The SMILES string of the molecule is CC[C@H]1Oc2ccc(C(C)N3CCN(c4ccc(C(=O)NC)nc4)CC3)cc2NC1=O. The minimum atomic E-state index is -0.413. The molecule has 0 aliphatic carbocycles. The van der Waals surface area contributed by atoms with Crippen LogP contribution in [0.5, 0.6) is 5.75 Å². The minimum absolute atomic E-state index is 0.0792. The number of nitrogens with one attached hydrogen (secondary N) is 2. The average molecular weight is 424 g/mol. The third kappa shape index (κ3) is 4.34. The predicted molar refractivity (Wildman–Crippen MR) is 120 cm³/mol. The fraction of sp³-hybridized carbons (Fsp3) is 0.435. The number of amides is 2. The highest BCUT2D eigenvalue weighted by molar-refractivity contribution is 5.97. The number of rotatable bonds is 5. The van der Waals surface area contributed by atoms with Gasteiger partial charge in [-0.25, -0.2) is 4.98 Å². The number of hydrogen-bond donors (Lipinski definition) is 2. The van der Waals surface area contributed by atoms with Crippen LogP contribution in [0.1, 0.15) is 42.4 Å². The van der Waals surface area contributed by atoms with Crippen molar-refractivity contribution in [2.45, 2.75) is 32.4 Å². The van der Waals surface area contributed by atoms with Crippen LogP contribution in [-0.4, -0.2) is 61.0 Å². The lowest BCUT2D eigenvalue weighted by molar-refractivity contribution is -0.123. The second-order valence-corrected chi connectivity index (χ2v) is 7.94. The van der Waals surface area contributed by atoms with Gasteiger partial charge in [0.05, 0.1) is 17.6 Å². The Balaban J connectivity index is 1.38. The first-order valence-corrected chi connectivity index (χ1v) is 10.8. The molecule has 3 heterocycles. The number of hydrogen-bond acceptors (Lipinski definition) is 6. The topological polar surface area (TPSA) is 86.8 Å². The van der Waals surface area contributed by atoms with E-state index >= 15 is 0 Å². The van der Waals surface area contributed by atoms with E-state index in [2.05, 4.69) is 38.4 Å². The van der Waals surface area contributed by atoms with E-state index in [0.29, 0.717) is 12.1 Å². The summed E-state index contributed by atoms with van der Waals surface area (Å²) in [6.07, 6.45) is 2.00. The number of aromatic nitrogens is 1. The molecule has 2 atom stereocenters. The van der Waals surface area contributed by atoms with Crippen molar-refractivity contribution in [1.29, 1.82) is 0 Å². The summed E-state index contributed by atoms with van der Waals surface area (Å²) in [6, 6.07) is 10.0. The molecule has 8 heteroatoms. The van der Waals surface area contributed by atoms with Crippen molar-refractivity contribution in [3.05, 3.63) is 47.8 Å². The average Bonchev–Trinajstić information content (AvgIpc) is 2.82. The summed E-state index contributed by atoms with van der Waals surface area (Å²) >= 11 is 0. The van der Waals surface area contributed by atoms with Crippen molar-refractivity contribution in [3.63, 3.8) is 0 Å². The Hall–Kier alpha value is -3.13. The Morgan fingerprint density at radius 2 is 2.03 bits per heavy atom. The van der Waals surface area contributed by atoms with Crippen LogP contribution in [0.3, 0.4) is 0 Å². The first kappa shape index (κ1) is 21.1. The van der Waals surface area contributed by atoms with Gasteiger partial charge in [-0.15, -0.1) is 0 Å². The Bertz CT molecular complexity index is 954. The lowest BCUT2D eigenvalue weighted by Crippen LogP contribution is -2.47. The Morgan fingerprint density at radius 1 is 1.26 bits per heavy atom. The molecule has 2 aliphatic rings. The number of piperazine rings is 1. The van der Waals surface area contributed by atoms with E-state index in [4.69, 9.17) is 4.74 Å². The van der Waals surface area contributed by atoms with Crippen molar-refractivity contribution in [3.8, 4) is 5.75 Å². The molecule has 0 radical (unpaired) electrons. The van der Waals surface area contributed by atoms with E-state index in [0.717, 1.165) is 48.9 Å². The Morgan fingerprint density at radius 3 is 2.68 bits per heavy atom. The van der Waals surface area contributed by atoms with Gasteiger partial charge in [-0.05, 0) is 43.2 Å². The van der Waals surface area contributed by atoms with Gasteiger partial charge in [0.15, 0.2) is 6.10 Å². The summed E-state index contributed by atoms with van der Waals surface area (Å²) in [5.41, 5.74) is 3.36. The number of benzene rings is 1. The summed E-state index contributed by atoms with van der Waals surface area (Å²) in [7, 11) is 1.60. The van der Waals surface area contributed by atoms with E-state index in [1.807, 2.05) is 25.1 Å². The molecule has 31 heavy (non-hydrogen) atoms. The van der Waals surface area contributed by atoms with Crippen LogP contribution < -0.4 is 20.3 Å². The van der Waals surface area contributed by atoms with Crippen LogP contribution in [0.15, 0.2) is 36.5 Å². The zero-order valence-corrected chi connectivity index (χ0v) is 18.2. The summed E-state index contributed by atoms with van der Waals surface area (Å²) in [4.78, 5) is 32.8. The van der Waals surface area contributed by atoms with Crippen molar-refractivity contribution >= 4 is 23.2 Å². The number of pyridine rings is 1. The second-order valence-electron chi connectivity index (χ2n) is 7.94. The number of ether oxygens (including phenoxy) is 1. The zero-order valence-electron chi connectivity index (χ0n) is 18.2. The number of carbonyl (C=O) groups is 2. The molecule has 2 amide bonds. The minimum Gasteiger partial charge on any atom is -0.478 e. The molecule has 8 nitrogen and oxygen atoms in total. The molecule has 1 saturated heterocycles. The van der Waals surface area contributed by atoms with Gasteiger partial charge in [0.25, 0.3) is 11.8 Å². The van der Waals surface area contributed by atoms with Crippen molar-refractivity contribution in [2.24, 2.45) is 0 Å². The molecule has 2 aliphatic heterocycles. The van der Waals surface area contributed by atoms with Gasteiger partial charge in [0, 0.05) is 39.3 Å². The van der Waals surface area contributed by atoms with Crippen LogP contribution in [0.4, 0.5) is 11.4 Å². The van der Waals surface area contributed by atoms with Gasteiger partial charge in [0.1, 0.15) is 11.4 Å². The molecular formula is C23H29N5O3. The summed E-state index contributed by atoms with van der Waals surface area (Å²) < 4.78 is 5.80. The number of nitrogens with zero attached hydrogens (tertiary/aromatic N) is 3. The van der Waals surface area contributed by atoms with Crippen molar-refractivity contribution in [1.82, 2.24) is 15.2 Å². The first-order chi connectivity index (χ1) is 15.0. The number of fused-ring (bicyclic) bond motifs is 1. The zero-order chi connectivity index (χ0) is 22.0. The summed E-state index contributed by atoms with van der Waals surface area (Å²) in [5.74, 6) is 0.478. The van der Waals surface area contributed by atoms with E-state index in [-0.39, 0.29) is 17.9 Å². The van der Waals surface area contributed by atoms with E-state index < -0.39 is 6.10 Å². The molecule has 1 fully saturated rings. The Kier molecular flexibility index (Phi) is 6.08. The Labute approximate surface area is 182 Å². The maximum Gasteiger partial charge on any atom is 0.269 e. The molecular weight excluding hydrogens is 394 g/mol. The third-order valence-corrected chi connectivity index (χ3v) is 6.11. The van der Waals surface area contributed by atoms with Gasteiger partial charge in [-0.3, -0.25) is 14.5 Å². The second kappa shape index (κ2) is 8.93.